The molecule has 0 atom stereocenters. The van der Waals surface area contributed by atoms with Crippen molar-refractivity contribution in [2.24, 2.45) is 0 Å². The van der Waals surface area contributed by atoms with Gasteiger partial charge >= 0.3 is 6.03 Å². The van der Waals surface area contributed by atoms with E-state index in [9.17, 15) is 14.0 Å². The van der Waals surface area contributed by atoms with Crippen LogP contribution in [0, 0.1) is 5.82 Å². The van der Waals surface area contributed by atoms with Crippen molar-refractivity contribution in [1.29, 1.82) is 0 Å². The third-order valence-corrected chi connectivity index (χ3v) is 5.64. The van der Waals surface area contributed by atoms with Gasteiger partial charge in [0, 0.05) is 19.1 Å². The molecular formula is C22H25FN4O2. The number of aromatic nitrogens is 1. The molecule has 4 rings (SSSR count). The standard InChI is InChI=1S/C22H25FN4O2/c23-17-8-6-16(7-9-17)14-21(28)25-18-10-11-20(24-15-18)27-13-12-26(22(27)29)19-4-2-1-3-5-19/h6-11,15,19H,1-5,12-14H2,(H,25,28). The number of pyridine rings is 1. The lowest BCUT2D eigenvalue weighted by molar-refractivity contribution is -0.115. The monoisotopic (exact) mass is 396 g/mol. The summed E-state index contributed by atoms with van der Waals surface area (Å²) in [5, 5.41) is 2.79. The van der Waals surface area contributed by atoms with Crippen LogP contribution >= 0.6 is 0 Å². The van der Waals surface area contributed by atoms with Crippen molar-refractivity contribution in [3.05, 3.63) is 54.0 Å². The number of urea groups is 1. The van der Waals surface area contributed by atoms with Crippen LogP contribution in [0.3, 0.4) is 0 Å². The summed E-state index contributed by atoms with van der Waals surface area (Å²) >= 11 is 0. The largest absolute Gasteiger partial charge is 0.326 e. The van der Waals surface area contributed by atoms with Gasteiger partial charge in [-0.1, -0.05) is 31.4 Å². The fourth-order valence-corrected chi connectivity index (χ4v) is 4.11. The van der Waals surface area contributed by atoms with Gasteiger partial charge in [0.25, 0.3) is 0 Å². The summed E-state index contributed by atoms with van der Waals surface area (Å²) in [5.41, 5.74) is 1.30. The molecule has 29 heavy (non-hydrogen) atoms. The Bertz CT molecular complexity index is 863. The molecule has 1 aromatic heterocycles. The third kappa shape index (κ3) is 4.55. The zero-order valence-corrected chi connectivity index (χ0v) is 16.3. The highest BCUT2D eigenvalue weighted by molar-refractivity contribution is 5.94. The predicted molar refractivity (Wildman–Crippen MR) is 109 cm³/mol. The van der Waals surface area contributed by atoms with Crippen molar-refractivity contribution in [2.75, 3.05) is 23.3 Å². The highest BCUT2D eigenvalue weighted by atomic mass is 19.1. The molecule has 152 valence electrons. The Labute approximate surface area is 169 Å². The Hall–Kier alpha value is -2.96. The van der Waals surface area contributed by atoms with E-state index in [1.165, 1.54) is 31.4 Å². The first kappa shape index (κ1) is 19.4. The second-order valence-electron chi connectivity index (χ2n) is 7.68. The first-order chi connectivity index (χ1) is 14.1. The minimum absolute atomic E-state index is 0.0255. The Balaban J connectivity index is 1.34. The number of rotatable bonds is 5. The smallest absolute Gasteiger partial charge is 0.324 e. The van der Waals surface area contributed by atoms with Gasteiger partial charge in [-0.25, -0.2) is 14.2 Å². The molecule has 1 aromatic carbocycles. The van der Waals surface area contributed by atoms with Gasteiger partial charge in [-0.05, 0) is 42.7 Å². The summed E-state index contributed by atoms with van der Waals surface area (Å²) in [4.78, 5) is 33.1. The Morgan fingerprint density at radius 1 is 1.07 bits per heavy atom. The van der Waals surface area contributed by atoms with Crippen LogP contribution in [0.15, 0.2) is 42.6 Å². The molecule has 0 spiro atoms. The van der Waals surface area contributed by atoms with Gasteiger partial charge in [-0.15, -0.1) is 0 Å². The fourth-order valence-electron chi connectivity index (χ4n) is 4.11. The second-order valence-corrected chi connectivity index (χ2v) is 7.68. The van der Waals surface area contributed by atoms with Crippen molar-refractivity contribution in [1.82, 2.24) is 9.88 Å². The van der Waals surface area contributed by atoms with Crippen molar-refractivity contribution in [3.8, 4) is 0 Å². The summed E-state index contributed by atoms with van der Waals surface area (Å²) in [6.07, 6.45) is 7.55. The summed E-state index contributed by atoms with van der Waals surface area (Å²) in [5.74, 6) is 0.0733. The molecule has 2 aromatic rings. The SMILES string of the molecule is O=C(Cc1ccc(F)cc1)Nc1ccc(N2CCN(C3CCCCC3)C2=O)nc1. The first-order valence-electron chi connectivity index (χ1n) is 10.2. The maximum atomic E-state index is 13.0. The predicted octanol–water partition coefficient (Wildman–Crippen LogP) is 3.98. The summed E-state index contributed by atoms with van der Waals surface area (Å²) in [7, 11) is 0. The molecule has 1 aliphatic carbocycles. The molecular weight excluding hydrogens is 371 g/mol. The van der Waals surface area contributed by atoms with Gasteiger partial charge in [0.2, 0.25) is 5.91 Å². The number of carbonyl (C=O) groups is 2. The molecule has 0 bridgehead atoms. The van der Waals surface area contributed by atoms with Crippen molar-refractivity contribution in [2.45, 2.75) is 44.6 Å². The average Bonchev–Trinajstić information content (AvgIpc) is 3.12. The molecule has 2 fully saturated rings. The fraction of sp³-hybridized carbons (Fsp3) is 0.409. The number of carbonyl (C=O) groups excluding carboxylic acids is 2. The molecule has 0 radical (unpaired) electrons. The van der Waals surface area contributed by atoms with Crippen LogP contribution in [-0.4, -0.2) is 41.0 Å². The van der Waals surface area contributed by atoms with Crippen molar-refractivity contribution < 1.29 is 14.0 Å². The van der Waals surface area contributed by atoms with Gasteiger partial charge in [0.15, 0.2) is 0 Å². The highest BCUT2D eigenvalue weighted by Gasteiger charge is 2.35. The zero-order chi connectivity index (χ0) is 20.2. The van der Waals surface area contributed by atoms with E-state index in [0.29, 0.717) is 24.1 Å². The maximum Gasteiger partial charge on any atom is 0.326 e. The lowest BCUT2D eigenvalue weighted by Crippen LogP contribution is -2.40. The maximum absolute atomic E-state index is 13.0. The van der Waals surface area contributed by atoms with E-state index in [-0.39, 0.29) is 24.2 Å². The number of nitrogens with one attached hydrogen (secondary N) is 1. The third-order valence-electron chi connectivity index (χ3n) is 5.64. The molecule has 0 unspecified atom stereocenters. The van der Waals surface area contributed by atoms with Crippen LogP contribution in [0.5, 0.6) is 0 Å². The van der Waals surface area contributed by atoms with Crippen LogP contribution in [0.25, 0.3) is 0 Å². The van der Waals surface area contributed by atoms with E-state index < -0.39 is 0 Å². The Morgan fingerprint density at radius 3 is 2.52 bits per heavy atom. The summed E-state index contributed by atoms with van der Waals surface area (Å²) < 4.78 is 13.0. The van der Waals surface area contributed by atoms with Gasteiger partial charge in [0.1, 0.15) is 11.6 Å². The van der Waals surface area contributed by atoms with Crippen LogP contribution < -0.4 is 10.2 Å². The number of amides is 3. The van der Waals surface area contributed by atoms with Crippen molar-refractivity contribution >= 4 is 23.4 Å². The van der Waals surface area contributed by atoms with E-state index in [2.05, 4.69) is 10.3 Å². The number of anilines is 2. The van der Waals surface area contributed by atoms with Gasteiger partial charge in [0.05, 0.1) is 18.3 Å². The molecule has 2 aliphatic rings. The molecule has 7 heteroatoms. The minimum Gasteiger partial charge on any atom is -0.324 e. The normalized spacial score (nSPS) is 17.6. The summed E-state index contributed by atoms with van der Waals surface area (Å²) in [6, 6.07) is 9.74. The molecule has 1 N–H and O–H groups in total. The Morgan fingerprint density at radius 2 is 1.83 bits per heavy atom. The van der Waals surface area contributed by atoms with Gasteiger partial charge < -0.3 is 10.2 Å². The highest BCUT2D eigenvalue weighted by Crippen LogP contribution is 2.27. The van der Waals surface area contributed by atoms with Crippen LogP contribution in [0.1, 0.15) is 37.7 Å². The number of halogens is 1. The molecule has 2 heterocycles. The van der Waals surface area contributed by atoms with Crippen LogP contribution in [-0.2, 0) is 11.2 Å². The van der Waals surface area contributed by atoms with E-state index in [1.807, 2.05) is 4.90 Å². The quantitative estimate of drug-likeness (QED) is 0.831. The number of hydrogen-bond acceptors (Lipinski definition) is 3. The van der Waals surface area contributed by atoms with Crippen LogP contribution in [0.4, 0.5) is 20.7 Å². The number of benzene rings is 1. The lowest BCUT2D eigenvalue weighted by atomic mass is 9.94. The Kier molecular flexibility index (Phi) is 5.74. The number of nitrogens with zero attached hydrogens (tertiary/aromatic N) is 3. The molecule has 1 aliphatic heterocycles. The van der Waals surface area contributed by atoms with E-state index in [4.69, 9.17) is 0 Å². The van der Waals surface area contributed by atoms with Crippen LogP contribution in [0.2, 0.25) is 0 Å². The molecule has 3 amide bonds. The number of hydrogen-bond donors (Lipinski definition) is 1. The topological polar surface area (TPSA) is 65.5 Å². The minimum atomic E-state index is -0.326. The molecule has 1 saturated carbocycles. The van der Waals surface area contributed by atoms with E-state index in [1.54, 1.807) is 35.4 Å². The zero-order valence-electron chi connectivity index (χ0n) is 16.3. The van der Waals surface area contributed by atoms with Crippen molar-refractivity contribution in [3.63, 3.8) is 0 Å². The lowest BCUT2D eigenvalue weighted by Gasteiger charge is -2.30. The summed E-state index contributed by atoms with van der Waals surface area (Å²) in [6.45, 7) is 1.37. The molecule has 6 nitrogen and oxygen atoms in total. The molecule has 1 saturated heterocycles. The van der Waals surface area contributed by atoms with E-state index in [0.717, 1.165) is 24.9 Å². The van der Waals surface area contributed by atoms with E-state index >= 15 is 0 Å². The van der Waals surface area contributed by atoms with Gasteiger partial charge in [-0.2, -0.15) is 0 Å². The van der Waals surface area contributed by atoms with Gasteiger partial charge in [-0.3, -0.25) is 9.69 Å². The average molecular weight is 396 g/mol. The first-order valence-corrected chi connectivity index (χ1v) is 10.2. The second kappa shape index (κ2) is 8.59.